The summed E-state index contributed by atoms with van der Waals surface area (Å²) in [5.74, 6) is -1.57. The van der Waals surface area contributed by atoms with E-state index in [0.717, 1.165) is 9.21 Å². The molecule has 1 atom stereocenters. The van der Waals surface area contributed by atoms with Gasteiger partial charge in [-0.2, -0.15) is 0 Å². The molecular formula is C11H12FIO3S. The maximum Gasteiger partial charge on any atom is 0.303 e. The van der Waals surface area contributed by atoms with Crippen molar-refractivity contribution in [3.63, 3.8) is 0 Å². The molecule has 17 heavy (non-hydrogen) atoms. The molecule has 3 nitrogen and oxygen atoms in total. The number of hydrogen-bond acceptors (Lipinski definition) is 3. The van der Waals surface area contributed by atoms with E-state index in [-0.39, 0.29) is 18.1 Å². The Hall–Kier alpha value is -0.500. The van der Waals surface area contributed by atoms with Crippen LogP contribution in [-0.2, 0) is 4.79 Å². The summed E-state index contributed by atoms with van der Waals surface area (Å²) < 4.78 is 19.1. The van der Waals surface area contributed by atoms with E-state index in [1.165, 1.54) is 6.07 Å². The first kappa shape index (κ1) is 14.6. The van der Waals surface area contributed by atoms with Crippen molar-refractivity contribution in [1.29, 1.82) is 0 Å². The zero-order valence-electron chi connectivity index (χ0n) is 9.15. The summed E-state index contributed by atoms with van der Waals surface area (Å²) in [6, 6.07) is 4.81. The van der Waals surface area contributed by atoms with E-state index in [0.29, 0.717) is 12.0 Å². The fourth-order valence-electron chi connectivity index (χ4n) is 1.63. The highest BCUT2D eigenvalue weighted by Crippen LogP contribution is 2.32. The van der Waals surface area contributed by atoms with Gasteiger partial charge >= 0.3 is 5.97 Å². The quantitative estimate of drug-likeness (QED) is 0.603. The summed E-state index contributed by atoms with van der Waals surface area (Å²) in [6.45, 7) is 1.84. The van der Waals surface area contributed by atoms with E-state index in [9.17, 15) is 9.18 Å². The Morgan fingerprint density at radius 1 is 1.65 bits per heavy atom. The summed E-state index contributed by atoms with van der Waals surface area (Å²) in [4.78, 5) is 10.7. The Labute approximate surface area is 116 Å². The molecule has 0 saturated heterocycles. The van der Waals surface area contributed by atoms with E-state index in [1.54, 1.807) is 12.1 Å². The molecule has 0 aliphatic heterocycles. The highest BCUT2D eigenvalue weighted by Gasteiger charge is 2.19. The maximum absolute atomic E-state index is 14.0. The Morgan fingerprint density at radius 3 is 2.88 bits per heavy atom. The third-order valence-electron chi connectivity index (χ3n) is 2.47. The largest absolute Gasteiger partial charge is 0.481 e. The van der Waals surface area contributed by atoms with E-state index in [2.05, 4.69) is 0 Å². The van der Waals surface area contributed by atoms with Gasteiger partial charge in [-0.1, -0.05) is 19.1 Å². The first-order chi connectivity index (χ1) is 8.10. The molecule has 0 aromatic heterocycles. The van der Waals surface area contributed by atoms with Gasteiger partial charge in [0.25, 0.3) is 0 Å². The van der Waals surface area contributed by atoms with Gasteiger partial charge < -0.3 is 9.29 Å². The second kappa shape index (κ2) is 7.05. The lowest BCUT2D eigenvalue weighted by Crippen LogP contribution is -2.07. The molecular weight excluding hydrogens is 358 g/mol. The minimum absolute atomic E-state index is 0.0751. The lowest BCUT2D eigenvalue weighted by atomic mass is 9.92. The van der Waals surface area contributed by atoms with Crippen molar-refractivity contribution in [2.45, 2.75) is 25.7 Å². The van der Waals surface area contributed by atoms with Crippen LogP contribution in [0.25, 0.3) is 0 Å². The van der Waals surface area contributed by atoms with Gasteiger partial charge in [-0.05, 0) is 24.0 Å². The lowest BCUT2D eigenvalue weighted by Gasteiger charge is -2.15. The van der Waals surface area contributed by atoms with Crippen molar-refractivity contribution in [2.24, 2.45) is 0 Å². The van der Waals surface area contributed by atoms with E-state index in [4.69, 9.17) is 9.29 Å². The van der Waals surface area contributed by atoms with E-state index >= 15 is 0 Å². The standard InChI is InChI=1S/C11H12FIO3S/c1-2-7(6-10(14)15)8-4-3-5-9(11(8)12)16-17-13/h3-5,7H,2,6H2,1H3,(H,14,15). The van der Waals surface area contributed by atoms with Gasteiger partial charge in [-0.15, -0.1) is 0 Å². The topological polar surface area (TPSA) is 46.5 Å². The van der Waals surface area contributed by atoms with Crippen LogP contribution in [0.2, 0.25) is 0 Å². The predicted octanol–water partition coefficient (Wildman–Crippen LogP) is 4.17. The van der Waals surface area contributed by atoms with Crippen LogP contribution in [0.3, 0.4) is 0 Å². The van der Waals surface area contributed by atoms with Crippen LogP contribution in [0.5, 0.6) is 5.75 Å². The number of benzene rings is 1. The number of hydrogen-bond donors (Lipinski definition) is 1. The monoisotopic (exact) mass is 370 g/mol. The zero-order chi connectivity index (χ0) is 12.8. The molecule has 0 heterocycles. The van der Waals surface area contributed by atoms with Crippen molar-refractivity contribution in [3.05, 3.63) is 29.6 Å². The number of aliphatic carboxylic acids is 1. The molecule has 0 aliphatic rings. The molecule has 6 heteroatoms. The summed E-state index contributed by atoms with van der Waals surface area (Å²) in [5.41, 5.74) is 0.401. The smallest absolute Gasteiger partial charge is 0.303 e. The first-order valence-electron chi connectivity index (χ1n) is 5.05. The van der Waals surface area contributed by atoms with Crippen molar-refractivity contribution < 1.29 is 18.5 Å². The van der Waals surface area contributed by atoms with Crippen molar-refractivity contribution in [1.82, 2.24) is 0 Å². The SMILES string of the molecule is CCC(CC(=O)O)c1cccc(OSI)c1F. The number of halogens is 2. The molecule has 1 rings (SSSR count). The van der Waals surface area contributed by atoms with E-state index < -0.39 is 11.8 Å². The second-order valence-corrected chi connectivity index (χ2v) is 4.88. The van der Waals surface area contributed by atoms with Crippen molar-refractivity contribution in [2.75, 3.05) is 0 Å². The molecule has 0 bridgehead atoms. The Bertz CT molecular complexity index is 400. The van der Waals surface area contributed by atoms with Crippen LogP contribution < -0.4 is 4.18 Å². The predicted molar refractivity (Wildman–Crippen MR) is 73.9 cm³/mol. The fourth-order valence-corrected chi connectivity index (χ4v) is 2.40. The number of carboxylic acids is 1. The molecule has 1 aromatic carbocycles. The molecule has 94 valence electrons. The summed E-state index contributed by atoms with van der Waals surface area (Å²) in [7, 11) is 1.02. The normalized spacial score (nSPS) is 12.2. The average Bonchev–Trinajstić information content (AvgIpc) is 2.29. The minimum Gasteiger partial charge on any atom is -0.481 e. The molecule has 1 unspecified atom stereocenters. The summed E-state index contributed by atoms with van der Waals surface area (Å²) >= 11 is 1.90. The van der Waals surface area contributed by atoms with Gasteiger partial charge in [0, 0.05) is 21.2 Å². The maximum atomic E-state index is 14.0. The molecule has 0 spiro atoms. The summed E-state index contributed by atoms with van der Waals surface area (Å²) in [6.07, 6.45) is 0.498. The average molecular weight is 370 g/mol. The van der Waals surface area contributed by atoms with Crippen LogP contribution >= 0.6 is 30.4 Å². The second-order valence-electron chi connectivity index (χ2n) is 3.51. The van der Waals surface area contributed by atoms with Gasteiger partial charge in [0.05, 0.1) is 6.42 Å². The molecule has 0 radical (unpaired) electrons. The fraction of sp³-hybridized carbons (Fsp3) is 0.364. The van der Waals surface area contributed by atoms with Gasteiger partial charge in [-0.3, -0.25) is 4.79 Å². The van der Waals surface area contributed by atoms with Gasteiger partial charge in [0.15, 0.2) is 11.6 Å². The Morgan fingerprint density at radius 2 is 2.35 bits per heavy atom. The highest BCUT2D eigenvalue weighted by atomic mass is 127. The number of carbonyl (C=O) groups is 1. The Kier molecular flexibility index (Phi) is 6.04. The van der Waals surface area contributed by atoms with Gasteiger partial charge in [0.2, 0.25) is 0 Å². The first-order valence-corrected chi connectivity index (χ1v) is 8.34. The number of carboxylic acid groups (broad SMARTS) is 1. The molecule has 0 fully saturated rings. The van der Waals surface area contributed by atoms with Gasteiger partial charge in [0.1, 0.15) is 9.21 Å². The minimum atomic E-state index is -0.925. The Balaban J connectivity index is 3.02. The molecule has 0 aliphatic carbocycles. The van der Waals surface area contributed by atoms with Crippen molar-refractivity contribution >= 4 is 36.4 Å². The lowest BCUT2D eigenvalue weighted by molar-refractivity contribution is -0.137. The molecule has 1 N–H and O–H groups in total. The molecule has 0 amide bonds. The van der Waals surface area contributed by atoms with Crippen LogP contribution in [0.1, 0.15) is 31.2 Å². The van der Waals surface area contributed by atoms with Crippen LogP contribution in [0, 0.1) is 5.82 Å². The third kappa shape index (κ3) is 4.02. The van der Waals surface area contributed by atoms with Crippen LogP contribution in [-0.4, -0.2) is 11.1 Å². The summed E-state index contributed by atoms with van der Waals surface area (Å²) in [5, 5.41) is 8.78. The highest BCUT2D eigenvalue weighted by molar-refractivity contribution is 14.2. The van der Waals surface area contributed by atoms with E-state index in [1.807, 2.05) is 28.1 Å². The molecule has 0 saturated carbocycles. The zero-order valence-corrected chi connectivity index (χ0v) is 12.1. The van der Waals surface area contributed by atoms with Crippen molar-refractivity contribution in [3.8, 4) is 5.75 Å². The van der Waals surface area contributed by atoms with Crippen LogP contribution in [0.4, 0.5) is 4.39 Å². The van der Waals surface area contributed by atoms with Gasteiger partial charge in [-0.25, -0.2) is 4.39 Å². The third-order valence-corrected chi connectivity index (χ3v) is 3.25. The molecule has 1 aromatic rings. The number of rotatable bonds is 6. The van der Waals surface area contributed by atoms with Crippen LogP contribution in [0.15, 0.2) is 18.2 Å².